The number of nitrogens with zero attached hydrogens (tertiary/aromatic N) is 1. The van der Waals surface area contributed by atoms with Crippen LogP contribution < -0.4 is 27.8 Å². The molecule has 76 heavy (non-hydrogen) atoms. The quantitative estimate of drug-likeness (QED) is 0.0414. The number of aromatic hydroxyl groups is 1. The van der Waals surface area contributed by atoms with E-state index in [1.54, 1.807) is 74.5 Å². The van der Waals surface area contributed by atoms with Crippen LogP contribution in [0.25, 0.3) is 0 Å². The first kappa shape index (κ1) is 57.9. The molecule has 0 radical (unpaired) electrons. The lowest BCUT2D eigenvalue weighted by atomic mass is 9.52. The number of benzene rings is 3. The average molecular weight is 1050 g/mol. The van der Waals surface area contributed by atoms with Gasteiger partial charge in [-0.2, -0.15) is 0 Å². The number of ketones is 1. The molecule has 2 heterocycles. The van der Waals surface area contributed by atoms with E-state index in [1.165, 1.54) is 6.08 Å². The van der Waals surface area contributed by atoms with Gasteiger partial charge in [0.25, 0.3) is 0 Å². The third kappa shape index (κ3) is 12.6. The number of fused-ring (bicyclic) bond motifs is 4. The number of aliphatic imine (C=N–C) groups is 1. The summed E-state index contributed by atoms with van der Waals surface area (Å²) in [6.07, 6.45) is 4.49. The maximum Gasteiger partial charge on any atom is 0.243 e. The van der Waals surface area contributed by atoms with Crippen molar-refractivity contribution in [2.75, 3.05) is 19.7 Å². The number of β-amino-alcohol motifs (C(OH)–C–C–N with tert-alkyl or cyclic N) is 1. The van der Waals surface area contributed by atoms with E-state index in [0.29, 0.717) is 59.9 Å². The largest absolute Gasteiger partial charge is 0.508 e. The summed E-state index contributed by atoms with van der Waals surface area (Å²) in [6.45, 7) is 10.7. The Morgan fingerprint density at radius 2 is 1.67 bits per heavy atom. The Morgan fingerprint density at radius 1 is 0.974 bits per heavy atom. The highest BCUT2D eigenvalue weighted by molar-refractivity contribution is 5.98. The molecule has 1 spiro atoms. The smallest absolute Gasteiger partial charge is 0.243 e. The van der Waals surface area contributed by atoms with E-state index >= 15 is 4.79 Å². The van der Waals surface area contributed by atoms with Crippen LogP contribution in [0.1, 0.15) is 124 Å². The monoisotopic (exact) mass is 1040 g/mol. The number of amides is 1. The lowest BCUT2D eigenvalue weighted by Crippen LogP contribution is -2.59. The number of hydrogen-bond donors (Lipinski definition) is 13. The first-order chi connectivity index (χ1) is 36.0. The van der Waals surface area contributed by atoms with Crippen molar-refractivity contribution in [2.24, 2.45) is 45.4 Å². The molecule has 7 rings (SSSR count). The molecule has 16 heteroatoms. The minimum atomic E-state index is -2.20. The van der Waals surface area contributed by atoms with Gasteiger partial charge in [0.15, 0.2) is 17.5 Å². The number of hydrogen-bond acceptors (Lipinski definition) is 13. The molecule has 16 N–H and O–H groups in total. The number of Topliss-reactive ketones (excluding diaryl/α,β-unsaturated/α-hetero) is 1. The number of carbonyl (C=O) groups excluding carboxylic acids is 2. The summed E-state index contributed by atoms with van der Waals surface area (Å²) >= 11 is 0. The molecule has 2 aliphatic carbocycles. The van der Waals surface area contributed by atoms with Gasteiger partial charge in [0.1, 0.15) is 18.0 Å². The minimum Gasteiger partial charge on any atom is -0.508 e. The number of nitrogens with two attached hydrogens (primary N) is 3. The minimum absolute atomic E-state index is 0.0383. The number of allylic oxidation sites excluding steroid dienone is 5. The van der Waals surface area contributed by atoms with E-state index in [9.17, 15) is 45.6 Å². The van der Waals surface area contributed by atoms with Crippen LogP contribution in [0.4, 0.5) is 0 Å². The topological polar surface area (TPSA) is 310 Å². The fraction of sp³-hybridized carbons (Fsp3) is 0.483. The second-order valence-corrected chi connectivity index (χ2v) is 22.2. The zero-order valence-corrected chi connectivity index (χ0v) is 44.3. The maximum absolute atomic E-state index is 15.0. The van der Waals surface area contributed by atoms with Gasteiger partial charge in [0.2, 0.25) is 5.91 Å². The third-order valence-electron chi connectivity index (χ3n) is 17.0. The van der Waals surface area contributed by atoms with E-state index in [4.69, 9.17) is 17.2 Å². The summed E-state index contributed by atoms with van der Waals surface area (Å²) in [7, 11) is 0. The standard InChI is InChI=1S/C60H80N6O10/c1-34(2)21-26-60(75,76)35(3)9-6-13-41(33-67)45-23-25-59(54(45)72)49-20-19-43(69)28-37-10-7-11-38(27-37)29-47(48(31-65-57(62)63)39-15-17-42(68)18-16-39)51(71)32-64-53-52-40(12-8-14-46(52)55(61)66-56(53)73)30-50(70)36(4)44(49)22-24-58(59,5)74/h6-18,21,27,43,45,47-49,51,53-55,64,67-69,71-72,74-76H,3,19-20,22-26,28-33,61H2,1-2,4-5H3,(H,66,73)(H4,62,63,65). The predicted molar refractivity (Wildman–Crippen MR) is 293 cm³/mol. The van der Waals surface area contributed by atoms with Gasteiger partial charge in [-0.05, 0) is 148 Å². The van der Waals surface area contributed by atoms with Crippen molar-refractivity contribution >= 4 is 17.6 Å². The van der Waals surface area contributed by atoms with E-state index in [2.05, 4.69) is 22.2 Å². The SMILES string of the molecule is C=C(C=CC=C(CO)C1CCC2(C3CCC(O)Cc4cccc(c4)CC(C(CN=C(N)N)c4ccc(O)cc4)C(O)CNC4C(=O)NC(N)c5cccc(c54)CC(=O)C(C)=C3CCC2(C)O)C1O)C(O)(O)CC=C(C)C. The number of nitrogens with one attached hydrogen (secondary N) is 2. The molecule has 2 fully saturated rings. The Bertz CT molecular complexity index is 2760. The molecule has 16 nitrogen and oxygen atoms in total. The molecule has 2 saturated carbocycles. The highest BCUT2D eigenvalue weighted by atomic mass is 16.5. The molecule has 2 bridgehead atoms. The van der Waals surface area contributed by atoms with Gasteiger partial charge in [-0.3, -0.25) is 19.9 Å². The Balaban J connectivity index is 1.31. The lowest BCUT2D eigenvalue weighted by Gasteiger charge is -2.56. The Kier molecular flexibility index (Phi) is 18.5. The molecule has 11 atom stereocenters. The predicted octanol–water partition coefficient (Wildman–Crippen LogP) is 4.50. The molecule has 3 aromatic rings. The summed E-state index contributed by atoms with van der Waals surface area (Å²) in [5, 5.41) is 98.6. The lowest BCUT2D eigenvalue weighted by molar-refractivity contribution is -0.168. The fourth-order valence-corrected chi connectivity index (χ4v) is 12.7. The average Bonchev–Trinajstić information content (AvgIpc) is 3.72. The first-order valence-electron chi connectivity index (χ1n) is 26.6. The van der Waals surface area contributed by atoms with Crippen LogP contribution in [0.5, 0.6) is 5.75 Å². The summed E-state index contributed by atoms with van der Waals surface area (Å²) < 4.78 is 0. The molecule has 11 unspecified atom stereocenters. The van der Waals surface area contributed by atoms with Gasteiger partial charge in [0.05, 0.1) is 30.5 Å². The fourth-order valence-electron chi connectivity index (χ4n) is 12.7. The van der Waals surface area contributed by atoms with Crippen molar-refractivity contribution < 1.29 is 50.4 Å². The number of phenolic OH excluding ortho intramolecular Hbond substituents is 1. The van der Waals surface area contributed by atoms with Crippen molar-refractivity contribution in [1.29, 1.82) is 0 Å². The van der Waals surface area contributed by atoms with Crippen molar-refractivity contribution in [3.8, 4) is 5.75 Å². The normalized spacial score (nSPS) is 29.3. The summed E-state index contributed by atoms with van der Waals surface area (Å²) in [5.74, 6) is -5.22. The van der Waals surface area contributed by atoms with E-state index in [1.807, 2.05) is 38.1 Å². The van der Waals surface area contributed by atoms with Crippen LogP contribution in [0.15, 0.2) is 130 Å². The van der Waals surface area contributed by atoms with Crippen LogP contribution in [0.2, 0.25) is 0 Å². The van der Waals surface area contributed by atoms with E-state index in [-0.39, 0.29) is 68.3 Å². The Morgan fingerprint density at radius 3 is 2.36 bits per heavy atom. The zero-order valence-electron chi connectivity index (χ0n) is 44.3. The number of aliphatic hydroxyl groups is 7. The first-order valence-corrected chi connectivity index (χ1v) is 26.6. The number of rotatable bonds is 11. The summed E-state index contributed by atoms with van der Waals surface area (Å²) in [4.78, 5) is 33.5. The van der Waals surface area contributed by atoms with Crippen LogP contribution in [-0.2, 0) is 28.9 Å². The molecule has 1 amide bonds. The van der Waals surface area contributed by atoms with Crippen LogP contribution >= 0.6 is 0 Å². The van der Waals surface area contributed by atoms with Gasteiger partial charge in [-0.1, -0.05) is 96.6 Å². The Hall–Kier alpha value is -5.79. The number of aliphatic hydroxyl groups excluding tert-OH is 4. The highest BCUT2D eigenvalue weighted by Gasteiger charge is 2.64. The molecule has 0 aromatic heterocycles. The Labute approximate surface area is 446 Å². The second-order valence-electron chi connectivity index (χ2n) is 22.2. The van der Waals surface area contributed by atoms with Gasteiger partial charge >= 0.3 is 0 Å². The van der Waals surface area contributed by atoms with Crippen molar-refractivity contribution in [1.82, 2.24) is 10.6 Å². The van der Waals surface area contributed by atoms with E-state index in [0.717, 1.165) is 27.8 Å². The summed E-state index contributed by atoms with van der Waals surface area (Å²) in [5.41, 5.74) is 22.5. The van der Waals surface area contributed by atoms with Crippen molar-refractivity contribution in [3.05, 3.63) is 159 Å². The molecule has 410 valence electrons. The van der Waals surface area contributed by atoms with Crippen LogP contribution in [0, 0.1) is 23.2 Å². The molecule has 2 aliphatic heterocycles. The summed E-state index contributed by atoms with van der Waals surface area (Å²) in [6, 6.07) is 18.8. The molecule has 3 aromatic carbocycles. The van der Waals surface area contributed by atoms with Gasteiger partial charge in [-0.15, -0.1) is 0 Å². The van der Waals surface area contributed by atoms with Gasteiger partial charge < -0.3 is 63.4 Å². The van der Waals surface area contributed by atoms with Gasteiger partial charge in [0, 0.05) is 48.8 Å². The van der Waals surface area contributed by atoms with E-state index < -0.39 is 83.5 Å². The van der Waals surface area contributed by atoms with Crippen molar-refractivity contribution in [2.45, 2.75) is 140 Å². The maximum atomic E-state index is 15.0. The highest BCUT2D eigenvalue weighted by Crippen LogP contribution is 2.63. The third-order valence-corrected chi connectivity index (χ3v) is 17.0. The van der Waals surface area contributed by atoms with Crippen LogP contribution in [0.3, 0.4) is 0 Å². The van der Waals surface area contributed by atoms with Gasteiger partial charge in [-0.25, -0.2) is 0 Å². The van der Waals surface area contributed by atoms with Crippen molar-refractivity contribution in [3.63, 3.8) is 0 Å². The molecular weight excluding hydrogens is 965 g/mol. The number of phenols is 1. The molecule has 4 aliphatic rings. The number of guanidine groups is 1. The second kappa shape index (κ2) is 24.3. The number of carbonyl (C=O) groups is 2. The zero-order chi connectivity index (χ0) is 55.3. The molecular formula is C60H80N6O10. The molecule has 0 saturated heterocycles. The van der Waals surface area contributed by atoms with Crippen LogP contribution in [-0.4, -0.2) is 108 Å².